The summed E-state index contributed by atoms with van der Waals surface area (Å²) in [5, 5.41) is 12.5. The molecular weight excluding hydrogens is 480 g/mol. The lowest BCUT2D eigenvalue weighted by Gasteiger charge is -2.24. The number of carbonyl (C=O) groups excluding carboxylic acids is 1. The van der Waals surface area contributed by atoms with E-state index in [9.17, 15) is 14.9 Å². The number of anilines is 1. The van der Waals surface area contributed by atoms with Gasteiger partial charge in [-0.25, -0.2) is 4.98 Å². The minimum Gasteiger partial charge on any atom is -0.302 e. The predicted molar refractivity (Wildman–Crippen MR) is 140 cm³/mol. The van der Waals surface area contributed by atoms with Crippen LogP contribution >= 0.6 is 35.1 Å². The van der Waals surface area contributed by atoms with Gasteiger partial charge in [-0.15, -0.1) is 23.7 Å². The molecule has 0 atom stereocenters. The molecule has 2 aromatic carbocycles. The topological polar surface area (TPSA) is 79.6 Å². The van der Waals surface area contributed by atoms with Crippen LogP contribution in [0.5, 0.6) is 0 Å². The molecule has 0 saturated carbocycles. The first kappa shape index (κ1) is 25.0. The summed E-state index contributed by atoms with van der Waals surface area (Å²) in [6, 6.07) is 12.5. The molecule has 174 valence electrons. The van der Waals surface area contributed by atoms with Crippen molar-refractivity contribution in [3.05, 3.63) is 63.0 Å². The van der Waals surface area contributed by atoms with Gasteiger partial charge in [-0.1, -0.05) is 31.3 Å². The van der Waals surface area contributed by atoms with Crippen LogP contribution in [0, 0.1) is 17.0 Å². The second kappa shape index (κ2) is 10.6. The number of rotatable bonds is 8. The first-order valence-corrected chi connectivity index (χ1v) is 12.1. The summed E-state index contributed by atoms with van der Waals surface area (Å²) < 4.78 is 1.90. The smallest absolute Gasteiger partial charge is 0.270 e. The Bertz CT molecular complexity index is 1300. The van der Waals surface area contributed by atoms with Gasteiger partial charge in [-0.05, 0) is 49.8 Å². The zero-order valence-corrected chi connectivity index (χ0v) is 21.1. The molecule has 33 heavy (non-hydrogen) atoms. The zero-order chi connectivity index (χ0) is 22.8. The summed E-state index contributed by atoms with van der Waals surface area (Å²) >= 11 is 2.87. The number of hydrogen-bond acceptors (Lipinski definition) is 7. The molecule has 1 amide bonds. The maximum absolute atomic E-state index is 13.6. The Hall–Kier alpha value is -2.59. The molecular formula is C23H25ClN4O3S2. The average Bonchev–Trinajstić information content (AvgIpc) is 3.39. The number of aromatic nitrogens is 1. The molecule has 0 fully saturated rings. The number of aryl methyl sites for hydroxylation is 1. The van der Waals surface area contributed by atoms with Crippen molar-refractivity contribution >= 4 is 72.1 Å². The molecule has 2 aromatic heterocycles. The van der Waals surface area contributed by atoms with E-state index in [0.29, 0.717) is 21.9 Å². The van der Waals surface area contributed by atoms with Crippen molar-refractivity contribution < 1.29 is 9.72 Å². The first-order chi connectivity index (χ1) is 15.4. The molecule has 0 spiro atoms. The Morgan fingerprint density at radius 2 is 1.79 bits per heavy atom. The number of halogens is 1. The number of thiophene rings is 1. The molecule has 0 N–H and O–H groups in total. The molecule has 0 radical (unpaired) electrons. The third kappa shape index (κ3) is 5.33. The standard InChI is InChI=1S/C23H24N4O3S2.ClH/c1-4-25(5-2)10-11-26(23-24-18-8-6-15(3)12-20(18)32-23)22(28)21-14-16-13-17(27(29)30)7-9-19(16)31-21;/h6-9,12-14H,4-5,10-11H2,1-3H3;1H. The van der Waals surface area contributed by atoms with Gasteiger partial charge in [0.15, 0.2) is 5.13 Å². The molecule has 0 bridgehead atoms. The number of hydrogen-bond donors (Lipinski definition) is 0. The number of nitro groups is 1. The number of likely N-dealkylation sites (N-methyl/N-ethyl adjacent to an activating group) is 1. The van der Waals surface area contributed by atoms with Crippen molar-refractivity contribution in [3.8, 4) is 0 Å². The van der Waals surface area contributed by atoms with Crippen LogP contribution in [0.25, 0.3) is 20.3 Å². The van der Waals surface area contributed by atoms with E-state index in [2.05, 4.69) is 24.8 Å². The molecule has 4 aromatic rings. The van der Waals surface area contributed by atoms with Crippen molar-refractivity contribution in [2.45, 2.75) is 20.8 Å². The van der Waals surface area contributed by atoms with E-state index >= 15 is 0 Å². The van der Waals surface area contributed by atoms with Crippen LogP contribution in [0.1, 0.15) is 29.1 Å². The Kier molecular flexibility index (Phi) is 8.01. The number of fused-ring (bicyclic) bond motifs is 2. The van der Waals surface area contributed by atoms with E-state index in [1.165, 1.54) is 34.8 Å². The van der Waals surface area contributed by atoms with Gasteiger partial charge in [0, 0.05) is 35.3 Å². The van der Waals surface area contributed by atoms with Crippen molar-refractivity contribution in [2.24, 2.45) is 0 Å². The number of benzene rings is 2. The highest BCUT2D eigenvalue weighted by atomic mass is 35.5. The average molecular weight is 505 g/mol. The molecule has 2 heterocycles. The summed E-state index contributed by atoms with van der Waals surface area (Å²) in [6.45, 7) is 9.33. The lowest BCUT2D eigenvalue weighted by atomic mass is 10.2. The van der Waals surface area contributed by atoms with E-state index < -0.39 is 4.92 Å². The number of nitrogens with zero attached hydrogens (tertiary/aromatic N) is 4. The fraction of sp³-hybridized carbons (Fsp3) is 0.304. The second-order valence-corrected chi connectivity index (χ2v) is 9.63. The van der Waals surface area contributed by atoms with Crippen LogP contribution in [-0.4, -0.2) is 46.9 Å². The second-order valence-electron chi connectivity index (χ2n) is 7.54. The molecule has 0 saturated heterocycles. The molecule has 4 rings (SSSR count). The Morgan fingerprint density at radius 1 is 1.03 bits per heavy atom. The minimum atomic E-state index is -0.419. The summed E-state index contributed by atoms with van der Waals surface area (Å²) in [5.41, 5.74) is 2.05. The highest BCUT2D eigenvalue weighted by molar-refractivity contribution is 7.23. The van der Waals surface area contributed by atoms with E-state index in [1.807, 2.05) is 19.1 Å². The maximum atomic E-state index is 13.6. The van der Waals surface area contributed by atoms with E-state index in [0.717, 1.165) is 40.1 Å². The molecule has 0 unspecified atom stereocenters. The summed E-state index contributed by atoms with van der Waals surface area (Å²) in [4.78, 5) is 33.6. The zero-order valence-electron chi connectivity index (χ0n) is 18.6. The van der Waals surface area contributed by atoms with Crippen LogP contribution < -0.4 is 4.90 Å². The van der Waals surface area contributed by atoms with Gasteiger partial charge in [0.25, 0.3) is 11.6 Å². The predicted octanol–water partition coefficient (Wildman–Crippen LogP) is 6.14. The number of nitro benzene ring substituents is 1. The van der Waals surface area contributed by atoms with Gasteiger partial charge >= 0.3 is 0 Å². The van der Waals surface area contributed by atoms with Crippen molar-refractivity contribution in [1.29, 1.82) is 0 Å². The van der Waals surface area contributed by atoms with Crippen LogP contribution in [0.3, 0.4) is 0 Å². The SMILES string of the molecule is CCN(CC)CCN(C(=O)c1cc2cc([N+](=O)[O-])ccc2s1)c1nc2ccc(C)cc2s1.Cl. The quantitative estimate of drug-likeness (QED) is 0.213. The number of non-ortho nitro benzene ring substituents is 1. The molecule has 0 aliphatic rings. The fourth-order valence-corrected chi connectivity index (χ4v) is 5.66. The van der Waals surface area contributed by atoms with E-state index in [1.54, 1.807) is 17.0 Å². The lowest BCUT2D eigenvalue weighted by molar-refractivity contribution is -0.384. The van der Waals surface area contributed by atoms with Gasteiger partial charge in [0.05, 0.1) is 20.0 Å². The minimum absolute atomic E-state index is 0. The first-order valence-electron chi connectivity index (χ1n) is 10.5. The number of thiazole rings is 1. The monoisotopic (exact) mass is 504 g/mol. The number of carbonyl (C=O) groups is 1. The lowest BCUT2D eigenvalue weighted by Crippen LogP contribution is -2.38. The molecule has 0 aliphatic heterocycles. The van der Waals surface area contributed by atoms with Crippen LogP contribution in [0.4, 0.5) is 10.8 Å². The van der Waals surface area contributed by atoms with Gasteiger partial charge in [-0.2, -0.15) is 0 Å². The highest BCUT2D eigenvalue weighted by Gasteiger charge is 2.24. The Morgan fingerprint density at radius 3 is 2.48 bits per heavy atom. The highest BCUT2D eigenvalue weighted by Crippen LogP contribution is 2.33. The van der Waals surface area contributed by atoms with Crippen molar-refractivity contribution in [1.82, 2.24) is 9.88 Å². The van der Waals surface area contributed by atoms with Crippen LogP contribution in [0.2, 0.25) is 0 Å². The third-order valence-corrected chi connectivity index (χ3v) is 7.61. The van der Waals surface area contributed by atoms with Gasteiger partial charge in [0.2, 0.25) is 0 Å². The van der Waals surface area contributed by atoms with Gasteiger partial charge in [0.1, 0.15) is 0 Å². The maximum Gasteiger partial charge on any atom is 0.270 e. The molecule has 0 aliphatic carbocycles. The molecule has 7 nitrogen and oxygen atoms in total. The molecule has 10 heteroatoms. The summed E-state index contributed by atoms with van der Waals surface area (Å²) in [5.74, 6) is -0.128. The van der Waals surface area contributed by atoms with Crippen LogP contribution in [-0.2, 0) is 0 Å². The number of amides is 1. The Labute approximate surface area is 206 Å². The fourth-order valence-electron chi connectivity index (χ4n) is 3.58. The summed E-state index contributed by atoms with van der Waals surface area (Å²) in [7, 11) is 0. The normalized spacial score (nSPS) is 11.2. The van der Waals surface area contributed by atoms with Crippen molar-refractivity contribution in [2.75, 3.05) is 31.1 Å². The van der Waals surface area contributed by atoms with Gasteiger partial charge in [-0.3, -0.25) is 19.8 Å². The van der Waals surface area contributed by atoms with E-state index in [4.69, 9.17) is 4.98 Å². The van der Waals surface area contributed by atoms with Gasteiger partial charge < -0.3 is 4.90 Å². The van der Waals surface area contributed by atoms with Crippen molar-refractivity contribution in [3.63, 3.8) is 0 Å². The third-order valence-electron chi connectivity index (χ3n) is 5.46. The largest absolute Gasteiger partial charge is 0.302 e. The Balaban J connectivity index is 0.00000306. The van der Waals surface area contributed by atoms with E-state index in [-0.39, 0.29) is 24.0 Å². The van der Waals surface area contributed by atoms with Crippen LogP contribution in [0.15, 0.2) is 42.5 Å². The summed E-state index contributed by atoms with van der Waals surface area (Å²) in [6.07, 6.45) is 0.